The molecule has 0 aromatic rings. The highest BCUT2D eigenvalue weighted by Gasteiger charge is 1.96. The summed E-state index contributed by atoms with van der Waals surface area (Å²) in [5.41, 5.74) is 0. The number of ether oxygens (including phenoxy) is 2. The van der Waals surface area contributed by atoms with Gasteiger partial charge in [-0.05, 0) is 6.42 Å². The highest BCUT2D eigenvalue weighted by atomic mass is 127. The van der Waals surface area contributed by atoms with E-state index in [0.717, 1.165) is 19.0 Å². The number of aliphatic imine (C=N–C) groups is 1. The predicted molar refractivity (Wildman–Crippen MR) is 91.6 cm³/mol. The Balaban J connectivity index is 0. The topological polar surface area (TPSA) is 54.9 Å². The van der Waals surface area contributed by atoms with Gasteiger partial charge in [-0.25, -0.2) is 0 Å². The van der Waals surface area contributed by atoms with Crippen LogP contribution in [0, 0.1) is 0 Å². The second kappa shape index (κ2) is 17.9. The van der Waals surface area contributed by atoms with Crippen LogP contribution in [-0.4, -0.2) is 53.0 Å². The van der Waals surface area contributed by atoms with E-state index in [1.807, 2.05) is 0 Å². The largest absolute Gasteiger partial charge is 0.382 e. The fourth-order valence-corrected chi connectivity index (χ4v) is 1.47. The Bertz CT molecular complexity index is 204. The molecule has 0 heterocycles. The molecule has 0 bridgehead atoms. The lowest BCUT2D eigenvalue weighted by Crippen LogP contribution is -2.39. The minimum Gasteiger partial charge on any atom is -0.382 e. The maximum absolute atomic E-state index is 5.36. The molecule has 0 amide bonds. The van der Waals surface area contributed by atoms with Crippen molar-refractivity contribution in [1.29, 1.82) is 0 Å². The lowest BCUT2D eigenvalue weighted by atomic mass is 10.2. The molecular weight excluding hydrogens is 357 g/mol. The van der Waals surface area contributed by atoms with E-state index in [1.165, 1.54) is 25.7 Å². The highest BCUT2D eigenvalue weighted by Crippen LogP contribution is 1.96. The quantitative estimate of drug-likeness (QED) is 0.247. The standard InChI is InChI=1S/C13H29N3O2.HI/c1-4-5-6-7-8-15-13(14-2)16-9-10-18-12-11-17-3;/h4-12H2,1-3H3,(H2,14,15,16);1H. The van der Waals surface area contributed by atoms with Gasteiger partial charge in [-0.2, -0.15) is 0 Å². The van der Waals surface area contributed by atoms with Crippen molar-refractivity contribution in [2.75, 3.05) is 47.1 Å². The van der Waals surface area contributed by atoms with E-state index < -0.39 is 0 Å². The van der Waals surface area contributed by atoms with Crippen molar-refractivity contribution >= 4 is 29.9 Å². The Labute approximate surface area is 134 Å². The van der Waals surface area contributed by atoms with Crippen molar-refractivity contribution in [3.05, 3.63) is 0 Å². The van der Waals surface area contributed by atoms with Gasteiger partial charge in [0.2, 0.25) is 0 Å². The Morgan fingerprint density at radius 3 is 2.37 bits per heavy atom. The number of methoxy groups -OCH3 is 1. The summed E-state index contributed by atoms with van der Waals surface area (Å²) in [6, 6.07) is 0. The number of hydrogen-bond donors (Lipinski definition) is 2. The molecule has 19 heavy (non-hydrogen) atoms. The summed E-state index contributed by atoms with van der Waals surface area (Å²) in [6.45, 7) is 5.91. The van der Waals surface area contributed by atoms with Gasteiger partial charge >= 0.3 is 0 Å². The third kappa shape index (κ3) is 15.9. The molecule has 116 valence electrons. The van der Waals surface area contributed by atoms with Gasteiger partial charge in [-0.1, -0.05) is 26.2 Å². The molecule has 0 unspecified atom stereocenters. The molecule has 0 saturated carbocycles. The van der Waals surface area contributed by atoms with Crippen LogP contribution >= 0.6 is 24.0 Å². The average molecular weight is 387 g/mol. The van der Waals surface area contributed by atoms with Crippen LogP contribution in [0.3, 0.4) is 0 Å². The van der Waals surface area contributed by atoms with Gasteiger partial charge in [-0.3, -0.25) is 4.99 Å². The van der Waals surface area contributed by atoms with E-state index in [1.54, 1.807) is 14.2 Å². The average Bonchev–Trinajstić information content (AvgIpc) is 2.40. The number of nitrogens with zero attached hydrogens (tertiary/aromatic N) is 1. The SMILES string of the molecule is CCCCCCNC(=NC)NCCOCCOC.I. The van der Waals surface area contributed by atoms with Gasteiger partial charge in [0.15, 0.2) is 5.96 Å². The van der Waals surface area contributed by atoms with Gasteiger partial charge < -0.3 is 20.1 Å². The van der Waals surface area contributed by atoms with Crippen LogP contribution in [0.25, 0.3) is 0 Å². The summed E-state index contributed by atoms with van der Waals surface area (Å²) >= 11 is 0. The van der Waals surface area contributed by atoms with Crippen molar-refractivity contribution in [1.82, 2.24) is 10.6 Å². The summed E-state index contributed by atoms with van der Waals surface area (Å²) in [7, 11) is 3.46. The summed E-state index contributed by atoms with van der Waals surface area (Å²) in [6.07, 6.45) is 5.05. The van der Waals surface area contributed by atoms with E-state index in [0.29, 0.717) is 19.8 Å². The van der Waals surface area contributed by atoms with Crippen molar-refractivity contribution < 1.29 is 9.47 Å². The van der Waals surface area contributed by atoms with Crippen molar-refractivity contribution in [3.8, 4) is 0 Å². The summed E-state index contributed by atoms with van der Waals surface area (Å²) in [5.74, 6) is 0.849. The first-order chi connectivity index (χ1) is 8.85. The van der Waals surface area contributed by atoms with Gasteiger partial charge in [0.1, 0.15) is 0 Å². The van der Waals surface area contributed by atoms with Gasteiger partial charge in [0.25, 0.3) is 0 Å². The van der Waals surface area contributed by atoms with Crippen LogP contribution in [-0.2, 0) is 9.47 Å². The Kier molecular flexibility index (Phi) is 20.0. The van der Waals surface area contributed by atoms with E-state index in [4.69, 9.17) is 9.47 Å². The Morgan fingerprint density at radius 1 is 1.00 bits per heavy atom. The first-order valence-corrected chi connectivity index (χ1v) is 6.86. The van der Waals surface area contributed by atoms with Crippen LogP contribution in [0.4, 0.5) is 0 Å². The molecular formula is C13H30IN3O2. The Hall–Kier alpha value is -0.0800. The highest BCUT2D eigenvalue weighted by molar-refractivity contribution is 14.0. The van der Waals surface area contributed by atoms with Crippen LogP contribution in [0.5, 0.6) is 0 Å². The predicted octanol–water partition coefficient (Wildman–Crippen LogP) is 2.01. The maximum atomic E-state index is 5.36. The zero-order valence-corrected chi connectivity index (χ0v) is 14.9. The number of guanidine groups is 1. The third-order valence-electron chi connectivity index (χ3n) is 2.52. The van der Waals surface area contributed by atoms with Crippen LogP contribution in [0.15, 0.2) is 4.99 Å². The molecule has 0 aliphatic heterocycles. The molecule has 0 atom stereocenters. The lowest BCUT2D eigenvalue weighted by molar-refractivity contribution is 0.0733. The minimum atomic E-state index is 0. The van der Waals surface area contributed by atoms with Gasteiger partial charge in [0, 0.05) is 27.2 Å². The smallest absolute Gasteiger partial charge is 0.191 e. The molecule has 0 saturated heterocycles. The normalized spacial score (nSPS) is 11.0. The molecule has 0 rings (SSSR count). The summed E-state index contributed by atoms with van der Waals surface area (Å²) in [5, 5.41) is 6.50. The van der Waals surface area contributed by atoms with Crippen LogP contribution < -0.4 is 10.6 Å². The fourth-order valence-electron chi connectivity index (χ4n) is 1.47. The lowest BCUT2D eigenvalue weighted by Gasteiger charge is -2.11. The zero-order valence-electron chi connectivity index (χ0n) is 12.5. The molecule has 2 N–H and O–H groups in total. The first-order valence-electron chi connectivity index (χ1n) is 6.86. The molecule has 0 aliphatic rings. The molecule has 0 spiro atoms. The van der Waals surface area contributed by atoms with Crippen molar-refractivity contribution in [2.45, 2.75) is 32.6 Å². The summed E-state index contributed by atoms with van der Waals surface area (Å²) in [4.78, 5) is 4.15. The number of rotatable bonds is 11. The maximum Gasteiger partial charge on any atom is 0.191 e. The zero-order chi connectivity index (χ0) is 13.5. The number of nitrogens with one attached hydrogen (secondary N) is 2. The van der Waals surface area contributed by atoms with Crippen molar-refractivity contribution in [2.24, 2.45) is 4.99 Å². The monoisotopic (exact) mass is 387 g/mol. The minimum absolute atomic E-state index is 0. The molecule has 6 heteroatoms. The second-order valence-electron chi connectivity index (χ2n) is 4.09. The second-order valence-corrected chi connectivity index (χ2v) is 4.09. The van der Waals surface area contributed by atoms with Crippen molar-refractivity contribution in [3.63, 3.8) is 0 Å². The van der Waals surface area contributed by atoms with E-state index in [-0.39, 0.29) is 24.0 Å². The van der Waals surface area contributed by atoms with Crippen LogP contribution in [0.2, 0.25) is 0 Å². The van der Waals surface area contributed by atoms with Crippen LogP contribution in [0.1, 0.15) is 32.6 Å². The van der Waals surface area contributed by atoms with Gasteiger partial charge in [-0.15, -0.1) is 24.0 Å². The molecule has 0 radical (unpaired) electrons. The number of halogens is 1. The molecule has 0 aromatic heterocycles. The van der Waals surface area contributed by atoms with E-state index >= 15 is 0 Å². The number of hydrogen-bond acceptors (Lipinski definition) is 3. The molecule has 0 aromatic carbocycles. The molecule has 5 nitrogen and oxygen atoms in total. The van der Waals surface area contributed by atoms with Gasteiger partial charge in [0.05, 0.1) is 19.8 Å². The summed E-state index contributed by atoms with van der Waals surface area (Å²) < 4.78 is 10.3. The van der Waals surface area contributed by atoms with E-state index in [2.05, 4.69) is 22.5 Å². The molecule has 0 aliphatic carbocycles. The Morgan fingerprint density at radius 2 is 1.74 bits per heavy atom. The first kappa shape index (κ1) is 21.2. The number of unbranched alkanes of at least 4 members (excludes halogenated alkanes) is 3. The third-order valence-corrected chi connectivity index (χ3v) is 2.52. The molecule has 0 fully saturated rings. The fraction of sp³-hybridized carbons (Fsp3) is 0.923. The van der Waals surface area contributed by atoms with E-state index in [9.17, 15) is 0 Å².